The van der Waals surface area contributed by atoms with Gasteiger partial charge in [-0.05, 0) is 31.9 Å². The number of carboxylic acids is 1. The van der Waals surface area contributed by atoms with Gasteiger partial charge in [-0.3, -0.25) is 14.5 Å². The topological polar surface area (TPSA) is 126 Å². The summed E-state index contributed by atoms with van der Waals surface area (Å²) in [6.45, 7) is 5.98. The molecule has 1 aliphatic rings. The first-order valence-corrected chi connectivity index (χ1v) is 14.0. The Morgan fingerprint density at radius 1 is 1.17 bits per heavy atom. The first-order chi connectivity index (χ1) is 20.1. The van der Waals surface area contributed by atoms with E-state index in [-0.39, 0.29) is 11.9 Å². The van der Waals surface area contributed by atoms with Crippen LogP contribution in [0.5, 0.6) is 0 Å². The van der Waals surface area contributed by atoms with Gasteiger partial charge in [0, 0.05) is 84.2 Å². The first kappa shape index (κ1) is 29.0. The number of furan rings is 1. The molecule has 5 aromatic heterocycles. The number of amides is 1. The van der Waals surface area contributed by atoms with Crippen LogP contribution < -0.4 is 5.32 Å². The summed E-state index contributed by atoms with van der Waals surface area (Å²) < 4.78 is 41.3. The number of aromatic nitrogens is 4. The number of nitrogens with zero attached hydrogens (tertiary/aromatic N) is 5. The lowest BCUT2D eigenvalue weighted by Crippen LogP contribution is -2.37. The van der Waals surface area contributed by atoms with Crippen LogP contribution in [0, 0.1) is 0 Å². The van der Waals surface area contributed by atoms with Crippen molar-refractivity contribution in [3.63, 3.8) is 0 Å². The van der Waals surface area contributed by atoms with Gasteiger partial charge in [-0.1, -0.05) is 0 Å². The van der Waals surface area contributed by atoms with Crippen LogP contribution in [0.2, 0.25) is 0 Å². The molecule has 0 radical (unpaired) electrons. The molecule has 6 rings (SSSR count). The molecule has 6 heterocycles. The fourth-order valence-electron chi connectivity index (χ4n) is 4.88. The number of hydrogen-bond acceptors (Lipinski definition) is 8. The number of rotatable bonds is 5. The lowest BCUT2D eigenvalue weighted by molar-refractivity contribution is -0.192. The Hall–Kier alpha value is -4.46. The largest absolute Gasteiger partial charge is 0.490 e. The van der Waals surface area contributed by atoms with Gasteiger partial charge in [-0.25, -0.2) is 9.78 Å². The van der Waals surface area contributed by atoms with Crippen LogP contribution in [-0.2, 0) is 9.59 Å². The van der Waals surface area contributed by atoms with Crippen LogP contribution in [-0.4, -0.2) is 67.4 Å². The van der Waals surface area contributed by atoms with Crippen LogP contribution in [0.4, 0.5) is 19.0 Å². The molecule has 1 fully saturated rings. The normalized spacial score (nSPS) is 14.2. The van der Waals surface area contributed by atoms with E-state index >= 15 is 0 Å². The number of carbonyl (C=O) groups is 2. The minimum atomic E-state index is -5.08. The van der Waals surface area contributed by atoms with Gasteiger partial charge in [0.15, 0.2) is 11.4 Å². The Bertz CT molecular complexity index is 1740. The van der Waals surface area contributed by atoms with E-state index in [4.69, 9.17) is 14.3 Å². The van der Waals surface area contributed by atoms with E-state index in [9.17, 15) is 18.0 Å². The average Bonchev–Trinajstić information content (AvgIpc) is 3.72. The minimum Gasteiger partial charge on any atom is -0.475 e. The number of pyridine rings is 2. The monoisotopic (exact) mass is 600 g/mol. The lowest BCUT2D eigenvalue weighted by Gasteiger charge is -2.31. The Balaban J connectivity index is 0.000000451. The molecule has 2 N–H and O–H groups in total. The maximum absolute atomic E-state index is 11.7. The van der Waals surface area contributed by atoms with E-state index in [1.807, 2.05) is 47.4 Å². The van der Waals surface area contributed by atoms with Crippen LogP contribution in [0.15, 0.2) is 52.9 Å². The zero-order valence-corrected chi connectivity index (χ0v) is 23.5. The highest BCUT2D eigenvalue weighted by Gasteiger charge is 2.38. The molecule has 220 valence electrons. The Morgan fingerprint density at radius 3 is 2.57 bits per heavy atom. The molecule has 0 atom stereocenters. The standard InChI is InChI=1S/C26H26N6O2S.C2HF3O2/c1-3-28-26-25-20(10-23(34-25)22-15-35-24-13-27-7-4-19(22)24)21(12-29-26)17-11-30-32(14-17)18-5-8-31(9-6-18)16(2)33;3-2(4,5)1(6)7/h4,7,10-15,18H,3,5-6,8-9H2,1-2H3,(H,28,29);(H,6,7). The molecule has 5 aromatic rings. The zero-order valence-electron chi connectivity index (χ0n) is 22.7. The SMILES string of the molecule is CCNc1ncc(-c2cnn(C3CCN(C(C)=O)CC3)c2)c2cc(-c3csc4cnccc34)oc12.O=C(O)C(F)(F)F. The van der Waals surface area contributed by atoms with Gasteiger partial charge in [0.05, 0.1) is 16.9 Å². The van der Waals surface area contributed by atoms with E-state index < -0.39 is 12.1 Å². The second-order valence-corrected chi connectivity index (χ2v) is 10.6. The quantitative estimate of drug-likeness (QED) is 0.244. The summed E-state index contributed by atoms with van der Waals surface area (Å²) in [6, 6.07) is 4.42. The summed E-state index contributed by atoms with van der Waals surface area (Å²) in [5.41, 5.74) is 3.80. The van der Waals surface area contributed by atoms with Crippen molar-refractivity contribution in [2.24, 2.45) is 0 Å². The predicted octanol–water partition coefficient (Wildman–Crippen LogP) is 6.22. The number of hydrogen-bond donors (Lipinski definition) is 2. The van der Waals surface area contributed by atoms with Crippen molar-refractivity contribution in [3.05, 3.63) is 48.5 Å². The number of fused-ring (bicyclic) bond motifs is 2. The first-order valence-electron chi connectivity index (χ1n) is 13.1. The van der Waals surface area contributed by atoms with E-state index in [1.54, 1.807) is 18.3 Å². The van der Waals surface area contributed by atoms with Gasteiger partial charge in [0.2, 0.25) is 5.91 Å². The molecule has 0 bridgehead atoms. The van der Waals surface area contributed by atoms with Crippen LogP contribution >= 0.6 is 11.3 Å². The van der Waals surface area contributed by atoms with Crippen molar-refractivity contribution in [1.82, 2.24) is 24.6 Å². The summed E-state index contributed by atoms with van der Waals surface area (Å²) in [6.07, 6.45) is 6.32. The van der Waals surface area contributed by atoms with E-state index in [2.05, 4.69) is 38.0 Å². The highest BCUT2D eigenvalue weighted by atomic mass is 32.1. The van der Waals surface area contributed by atoms with E-state index in [0.29, 0.717) is 0 Å². The molecule has 0 saturated carbocycles. The van der Waals surface area contributed by atoms with Crippen molar-refractivity contribution in [2.45, 2.75) is 38.9 Å². The van der Waals surface area contributed by atoms with Crippen molar-refractivity contribution < 1.29 is 32.3 Å². The molecule has 14 heteroatoms. The van der Waals surface area contributed by atoms with E-state index in [0.717, 1.165) is 81.8 Å². The van der Waals surface area contributed by atoms with Crippen LogP contribution in [0.3, 0.4) is 0 Å². The maximum Gasteiger partial charge on any atom is 0.490 e. The molecular formula is C28H27F3N6O4S. The number of likely N-dealkylation sites (tertiary alicyclic amines) is 1. The molecule has 1 saturated heterocycles. The number of halogens is 3. The molecule has 42 heavy (non-hydrogen) atoms. The highest BCUT2D eigenvalue weighted by Crippen LogP contribution is 2.41. The molecule has 0 unspecified atom stereocenters. The Kier molecular flexibility index (Phi) is 8.16. The van der Waals surface area contributed by atoms with Gasteiger partial charge in [0.25, 0.3) is 0 Å². The highest BCUT2D eigenvalue weighted by molar-refractivity contribution is 7.17. The summed E-state index contributed by atoms with van der Waals surface area (Å²) in [5.74, 6) is -1.06. The van der Waals surface area contributed by atoms with Crippen molar-refractivity contribution in [3.8, 4) is 22.5 Å². The number of carbonyl (C=O) groups excluding carboxylic acids is 1. The second kappa shape index (κ2) is 11.8. The van der Waals surface area contributed by atoms with E-state index in [1.165, 1.54) is 0 Å². The molecule has 10 nitrogen and oxygen atoms in total. The second-order valence-electron chi connectivity index (χ2n) is 9.67. The van der Waals surface area contributed by atoms with Crippen LogP contribution in [0.25, 0.3) is 43.5 Å². The van der Waals surface area contributed by atoms with Crippen molar-refractivity contribution in [2.75, 3.05) is 25.0 Å². The number of thiophene rings is 1. The number of alkyl halides is 3. The van der Waals surface area contributed by atoms with Gasteiger partial charge in [-0.2, -0.15) is 18.3 Å². The molecular weight excluding hydrogens is 573 g/mol. The van der Waals surface area contributed by atoms with Crippen molar-refractivity contribution in [1.29, 1.82) is 0 Å². The number of aliphatic carboxylic acids is 1. The molecule has 0 spiro atoms. The predicted molar refractivity (Wildman–Crippen MR) is 152 cm³/mol. The van der Waals surface area contributed by atoms with Gasteiger partial charge in [-0.15, -0.1) is 11.3 Å². The van der Waals surface area contributed by atoms with Gasteiger partial charge in [0.1, 0.15) is 5.76 Å². The third-order valence-corrected chi connectivity index (χ3v) is 7.92. The maximum atomic E-state index is 11.7. The summed E-state index contributed by atoms with van der Waals surface area (Å²) in [4.78, 5) is 31.4. The lowest BCUT2D eigenvalue weighted by atomic mass is 10.0. The Morgan fingerprint density at radius 2 is 1.90 bits per heavy atom. The fraction of sp³-hybridized carbons (Fsp3) is 0.321. The molecule has 0 aromatic carbocycles. The smallest absolute Gasteiger partial charge is 0.475 e. The third-order valence-electron chi connectivity index (χ3n) is 6.99. The third kappa shape index (κ3) is 5.93. The number of carboxylic acid groups (broad SMARTS) is 1. The van der Waals surface area contributed by atoms with Gasteiger partial charge < -0.3 is 19.7 Å². The number of piperidine rings is 1. The number of anilines is 1. The summed E-state index contributed by atoms with van der Waals surface area (Å²) in [5, 5.41) is 19.4. The summed E-state index contributed by atoms with van der Waals surface area (Å²) in [7, 11) is 0. The fourth-order valence-corrected chi connectivity index (χ4v) is 5.79. The molecule has 1 amide bonds. The average molecular weight is 601 g/mol. The molecule has 0 aliphatic carbocycles. The minimum absolute atomic E-state index is 0.143. The van der Waals surface area contributed by atoms with Crippen LogP contribution in [0.1, 0.15) is 32.7 Å². The molecule has 1 aliphatic heterocycles. The van der Waals surface area contributed by atoms with Gasteiger partial charge >= 0.3 is 12.1 Å². The zero-order chi connectivity index (χ0) is 30.0. The summed E-state index contributed by atoms with van der Waals surface area (Å²) >= 11 is 1.66. The Labute approximate surface area is 241 Å². The van der Waals surface area contributed by atoms with Crippen molar-refractivity contribution >= 4 is 50.1 Å². The number of nitrogens with one attached hydrogen (secondary N) is 1.